The molecule has 0 saturated heterocycles. The van der Waals surface area contributed by atoms with Crippen molar-refractivity contribution in [3.63, 3.8) is 0 Å². The van der Waals surface area contributed by atoms with Crippen LogP contribution in [0.15, 0.2) is 53.4 Å². The monoisotopic (exact) mass is 247 g/mol. The third kappa shape index (κ3) is 2.54. The highest BCUT2D eigenvalue weighted by atomic mass is 32.2. The summed E-state index contributed by atoms with van der Waals surface area (Å²) in [5.74, 6) is 0. The van der Waals surface area contributed by atoms with Gasteiger partial charge in [0.15, 0.2) is 0 Å². The van der Waals surface area contributed by atoms with Gasteiger partial charge < -0.3 is 0 Å². The lowest BCUT2D eigenvalue weighted by Gasteiger charge is -2.08. The van der Waals surface area contributed by atoms with E-state index in [1.54, 1.807) is 12.1 Å². The Labute approximate surface area is 101 Å². The largest absolute Gasteiger partial charge is 0.238 e. The second-order valence-electron chi connectivity index (χ2n) is 3.91. The predicted molar refractivity (Wildman–Crippen MR) is 68.0 cm³/mol. The molecule has 0 aromatic heterocycles. The Morgan fingerprint density at radius 2 is 1.65 bits per heavy atom. The van der Waals surface area contributed by atoms with Gasteiger partial charge in [0, 0.05) is 5.56 Å². The van der Waals surface area contributed by atoms with Crippen LogP contribution >= 0.6 is 0 Å². The lowest BCUT2D eigenvalue weighted by atomic mass is 10.0. The van der Waals surface area contributed by atoms with E-state index in [1.807, 2.05) is 43.3 Å². The van der Waals surface area contributed by atoms with Crippen LogP contribution in [-0.4, -0.2) is 8.42 Å². The maximum atomic E-state index is 11.6. The van der Waals surface area contributed by atoms with Crippen LogP contribution in [0.5, 0.6) is 0 Å². The minimum absolute atomic E-state index is 0.170. The number of hydrogen-bond donors (Lipinski definition) is 1. The maximum Gasteiger partial charge on any atom is 0.238 e. The van der Waals surface area contributed by atoms with Crippen LogP contribution in [0.2, 0.25) is 0 Å². The highest BCUT2D eigenvalue weighted by Crippen LogP contribution is 2.27. The van der Waals surface area contributed by atoms with Gasteiger partial charge >= 0.3 is 0 Å². The average Bonchev–Trinajstić information content (AvgIpc) is 2.29. The van der Waals surface area contributed by atoms with Crippen LogP contribution in [0, 0.1) is 6.92 Å². The second-order valence-corrected chi connectivity index (χ2v) is 5.44. The first-order valence-corrected chi connectivity index (χ1v) is 6.72. The summed E-state index contributed by atoms with van der Waals surface area (Å²) in [6, 6.07) is 14.6. The van der Waals surface area contributed by atoms with Crippen molar-refractivity contribution in [3.8, 4) is 11.1 Å². The maximum absolute atomic E-state index is 11.6. The van der Waals surface area contributed by atoms with E-state index in [4.69, 9.17) is 5.14 Å². The van der Waals surface area contributed by atoms with Crippen molar-refractivity contribution >= 4 is 10.0 Å². The molecule has 17 heavy (non-hydrogen) atoms. The normalized spacial score (nSPS) is 11.4. The molecule has 0 saturated carbocycles. The molecule has 2 aromatic rings. The zero-order valence-corrected chi connectivity index (χ0v) is 10.2. The number of sulfonamides is 1. The van der Waals surface area contributed by atoms with E-state index in [1.165, 1.54) is 0 Å². The van der Waals surface area contributed by atoms with Crippen LogP contribution in [0.4, 0.5) is 0 Å². The summed E-state index contributed by atoms with van der Waals surface area (Å²) in [4.78, 5) is 0.170. The second kappa shape index (κ2) is 4.31. The smallest absolute Gasteiger partial charge is 0.225 e. The molecule has 0 atom stereocenters. The van der Waals surface area contributed by atoms with Gasteiger partial charge in [0.05, 0.1) is 4.90 Å². The highest BCUT2D eigenvalue weighted by Gasteiger charge is 2.14. The number of primary sulfonamides is 1. The van der Waals surface area contributed by atoms with Gasteiger partial charge in [-0.05, 0) is 24.1 Å². The molecular formula is C13H13NO2S. The molecule has 3 nitrogen and oxygen atoms in total. The molecule has 0 heterocycles. The molecule has 2 aromatic carbocycles. The Morgan fingerprint density at radius 1 is 1.00 bits per heavy atom. The lowest BCUT2D eigenvalue weighted by molar-refractivity contribution is 0.598. The van der Waals surface area contributed by atoms with Gasteiger partial charge in [-0.3, -0.25) is 0 Å². The molecule has 0 aliphatic carbocycles. The first kappa shape index (κ1) is 11.8. The van der Waals surface area contributed by atoms with Gasteiger partial charge in [-0.15, -0.1) is 0 Å². The number of aryl methyl sites for hydroxylation is 1. The third-order valence-electron chi connectivity index (χ3n) is 2.53. The Bertz CT molecular complexity index is 634. The van der Waals surface area contributed by atoms with Gasteiger partial charge in [0.1, 0.15) is 0 Å². The summed E-state index contributed by atoms with van der Waals surface area (Å²) < 4.78 is 23.1. The van der Waals surface area contributed by atoms with Crippen LogP contribution < -0.4 is 5.14 Å². The van der Waals surface area contributed by atoms with Crippen LogP contribution in [0.3, 0.4) is 0 Å². The van der Waals surface area contributed by atoms with Gasteiger partial charge in [-0.25, -0.2) is 13.6 Å². The first-order valence-electron chi connectivity index (χ1n) is 5.17. The van der Waals surface area contributed by atoms with Gasteiger partial charge in [-0.1, -0.05) is 42.5 Å². The van der Waals surface area contributed by atoms with Crippen LogP contribution in [0.1, 0.15) is 5.56 Å². The summed E-state index contributed by atoms with van der Waals surface area (Å²) >= 11 is 0. The minimum atomic E-state index is -3.70. The summed E-state index contributed by atoms with van der Waals surface area (Å²) in [7, 11) is -3.70. The molecule has 0 radical (unpaired) electrons. The van der Waals surface area contributed by atoms with E-state index in [2.05, 4.69) is 0 Å². The SMILES string of the molecule is Cc1ccc(-c2ccccc2)c(S(N)(=O)=O)c1. The Balaban J connectivity index is 2.71. The number of hydrogen-bond acceptors (Lipinski definition) is 2. The topological polar surface area (TPSA) is 60.2 Å². The molecular weight excluding hydrogens is 234 g/mol. The molecule has 2 rings (SSSR count). The summed E-state index contributed by atoms with van der Waals surface area (Å²) in [6.07, 6.45) is 0. The first-order chi connectivity index (χ1) is 7.98. The number of benzene rings is 2. The van der Waals surface area contributed by atoms with Crippen LogP contribution in [0.25, 0.3) is 11.1 Å². The zero-order valence-electron chi connectivity index (χ0n) is 9.42. The van der Waals surface area contributed by atoms with Gasteiger partial charge in [-0.2, -0.15) is 0 Å². The average molecular weight is 247 g/mol. The van der Waals surface area contributed by atoms with Crippen molar-refractivity contribution in [1.29, 1.82) is 0 Å². The lowest BCUT2D eigenvalue weighted by Crippen LogP contribution is -2.13. The highest BCUT2D eigenvalue weighted by molar-refractivity contribution is 7.89. The summed E-state index contributed by atoms with van der Waals surface area (Å²) in [5, 5.41) is 5.24. The zero-order chi connectivity index (χ0) is 12.5. The number of rotatable bonds is 2. The molecule has 0 aliphatic rings. The van der Waals surface area contributed by atoms with Crippen molar-refractivity contribution in [2.24, 2.45) is 5.14 Å². The molecule has 0 amide bonds. The molecule has 4 heteroatoms. The van der Waals surface area contributed by atoms with E-state index in [0.29, 0.717) is 5.56 Å². The van der Waals surface area contributed by atoms with E-state index in [-0.39, 0.29) is 4.90 Å². The van der Waals surface area contributed by atoms with Crippen molar-refractivity contribution in [2.45, 2.75) is 11.8 Å². The fourth-order valence-electron chi connectivity index (χ4n) is 1.72. The Kier molecular flexibility index (Phi) is 3.00. The molecule has 0 spiro atoms. The Morgan fingerprint density at radius 3 is 2.24 bits per heavy atom. The standard InChI is InChI=1S/C13H13NO2S/c1-10-7-8-12(11-5-3-2-4-6-11)13(9-10)17(14,15)16/h2-9H,1H3,(H2,14,15,16). The number of nitrogens with two attached hydrogens (primary N) is 1. The van der Waals surface area contributed by atoms with E-state index in [0.717, 1.165) is 11.1 Å². The third-order valence-corrected chi connectivity index (χ3v) is 3.48. The molecule has 88 valence electrons. The van der Waals surface area contributed by atoms with Gasteiger partial charge in [0.2, 0.25) is 10.0 Å². The predicted octanol–water partition coefficient (Wildman–Crippen LogP) is 2.31. The van der Waals surface area contributed by atoms with Gasteiger partial charge in [0.25, 0.3) is 0 Å². The Hall–Kier alpha value is -1.65. The van der Waals surface area contributed by atoms with E-state index >= 15 is 0 Å². The van der Waals surface area contributed by atoms with Crippen LogP contribution in [-0.2, 0) is 10.0 Å². The fraction of sp³-hybridized carbons (Fsp3) is 0.0769. The van der Waals surface area contributed by atoms with Crippen molar-refractivity contribution in [3.05, 3.63) is 54.1 Å². The quantitative estimate of drug-likeness (QED) is 0.885. The van der Waals surface area contributed by atoms with Crippen molar-refractivity contribution in [1.82, 2.24) is 0 Å². The van der Waals surface area contributed by atoms with Crippen molar-refractivity contribution in [2.75, 3.05) is 0 Å². The molecule has 0 bridgehead atoms. The molecule has 0 unspecified atom stereocenters. The van der Waals surface area contributed by atoms with Crippen molar-refractivity contribution < 1.29 is 8.42 Å². The molecule has 2 N–H and O–H groups in total. The van der Waals surface area contributed by atoms with E-state index in [9.17, 15) is 8.42 Å². The van der Waals surface area contributed by atoms with E-state index < -0.39 is 10.0 Å². The fourth-order valence-corrected chi connectivity index (χ4v) is 2.56. The minimum Gasteiger partial charge on any atom is -0.225 e. The molecule has 0 fully saturated rings. The summed E-state index contributed by atoms with van der Waals surface area (Å²) in [6.45, 7) is 1.84. The molecule has 0 aliphatic heterocycles. The summed E-state index contributed by atoms with van der Waals surface area (Å²) in [5.41, 5.74) is 2.35.